The Labute approximate surface area is 210 Å². The number of benzene rings is 1. The van der Waals surface area contributed by atoms with Gasteiger partial charge in [-0.1, -0.05) is 53.6 Å². The minimum Gasteiger partial charge on any atom is -0.392 e. The molecule has 2 N–H and O–H groups in total. The van der Waals surface area contributed by atoms with Crippen LogP contribution in [-0.4, -0.2) is 56.8 Å². The van der Waals surface area contributed by atoms with Crippen molar-refractivity contribution < 1.29 is 15.0 Å². The predicted molar refractivity (Wildman–Crippen MR) is 143 cm³/mol. The van der Waals surface area contributed by atoms with Gasteiger partial charge in [-0.05, 0) is 64.9 Å². The van der Waals surface area contributed by atoms with Crippen LogP contribution in [0.25, 0.3) is 0 Å². The molecule has 5 atom stereocenters. The maximum absolute atomic E-state index is 12.6. The lowest BCUT2D eigenvalue weighted by Gasteiger charge is -2.30. The van der Waals surface area contributed by atoms with E-state index in [1.165, 1.54) is 11.1 Å². The predicted octanol–water partition coefficient (Wildman–Crippen LogP) is 5.17. The topological polar surface area (TPSA) is 60.8 Å². The van der Waals surface area contributed by atoms with E-state index in [1.807, 2.05) is 34.9 Å². The zero-order valence-corrected chi connectivity index (χ0v) is 22.3. The first-order valence-electron chi connectivity index (χ1n) is 12.8. The zero-order valence-electron chi connectivity index (χ0n) is 21.5. The number of carbonyl (C=O) groups excluding carboxylic acids is 1. The van der Waals surface area contributed by atoms with Crippen molar-refractivity contribution >= 4 is 17.7 Å². The van der Waals surface area contributed by atoms with Crippen LogP contribution in [0.3, 0.4) is 0 Å². The third-order valence-corrected chi connectivity index (χ3v) is 8.25. The molecular weight excluding hydrogens is 442 g/mol. The Balaban J connectivity index is 1.45. The number of aryl methyl sites for hydroxylation is 1. The lowest BCUT2D eigenvalue weighted by molar-refractivity contribution is -0.134. The van der Waals surface area contributed by atoms with E-state index >= 15 is 0 Å². The number of allylic oxidation sites excluding steroid dienone is 1. The van der Waals surface area contributed by atoms with Gasteiger partial charge < -0.3 is 15.1 Å². The zero-order chi connectivity index (χ0) is 24.8. The minimum atomic E-state index is -0.536. The number of nitrogens with zero attached hydrogens (tertiary/aromatic N) is 1. The molecule has 5 heteroatoms. The lowest BCUT2D eigenvalue weighted by atomic mass is 9.89. The van der Waals surface area contributed by atoms with E-state index in [1.54, 1.807) is 0 Å². The van der Waals surface area contributed by atoms with Gasteiger partial charge in [0.05, 0.1) is 12.2 Å². The number of hydrogen-bond donors (Lipinski definition) is 2. The molecule has 0 saturated heterocycles. The second-order valence-electron chi connectivity index (χ2n) is 10.7. The summed E-state index contributed by atoms with van der Waals surface area (Å²) in [7, 11) is 0. The van der Waals surface area contributed by atoms with Crippen molar-refractivity contribution in [1.82, 2.24) is 4.90 Å². The van der Waals surface area contributed by atoms with Crippen LogP contribution in [0.4, 0.5) is 0 Å². The number of fused-ring (bicyclic) bond motifs is 1. The molecule has 1 aromatic rings. The van der Waals surface area contributed by atoms with Gasteiger partial charge in [-0.3, -0.25) is 4.79 Å². The molecule has 1 fully saturated rings. The second-order valence-corrected chi connectivity index (χ2v) is 11.8. The molecule has 0 radical (unpaired) electrons. The molecule has 0 bridgehead atoms. The summed E-state index contributed by atoms with van der Waals surface area (Å²) in [5.41, 5.74) is 3.78. The molecule has 0 heterocycles. The molecule has 0 unspecified atom stereocenters. The fourth-order valence-corrected chi connectivity index (χ4v) is 6.72. The quantitative estimate of drug-likeness (QED) is 0.335. The van der Waals surface area contributed by atoms with E-state index < -0.39 is 6.10 Å². The van der Waals surface area contributed by atoms with Crippen LogP contribution in [0.1, 0.15) is 58.1 Å². The van der Waals surface area contributed by atoms with E-state index in [9.17, 15) is 15.0 Å². The summed E-state index contributed by atoms with van der Waals surface area (Å²) in [6, 6.07) is 8.72. The number of rotatable bonds is 11. The molecule has 2 aliphatic carbocycles. The van der Waals surface area contributed by atoms with Crippen LogP contribution >= 0.6 is 11.8 Å². The SMILES string of the molecule is Cc1cccc(C[C@H](O)C=C[C@@H]2[C@H]3CC(CSCCC(=O)N(C(C)C)C(C)C)=C[C@H]3C[C@H]2O)c1. The van der Waals surface area contributed by atoms with Crippen LogP contribution in [0.15, 0.2) is 48.1 Å². The highest BCUT2D eigenvalue weighted by molar-refractivity contribution is 7.99. The summed E-state index contributed by atoms with van der Waals surface area (Å²) in [5.74, 6) is 3.00. The highest BCUT2D eigenvalue weighted by atomic mass is 32.2. The Morgan fingerprint density at radius 2 is 1.97 bits per heavy atom. The Kier molecular flexibility index (Phi) is 9.87. The highest BCUT2D eigenvalue weighted by Crippen LogP contribution is 2.47. The largest absolute Gasteiger partial charge is 0.392 e. The molecule has 1 aromatic carbocycles. The Hall–Kier alpha value is -1.56. The highest BCUT2D eigenvalue weighted by Gasteiger charge is 2.43. The summed E-state index contributed by atoms with van der Waals surface area (Å²) in [4.78, 5) is 14.5. The maximum atomic E-state index is 12.6. The first-order valence-corrected chi connectivity index (χ1v) is 14.0. The van der Waals surface area contributed by atoms with E-state index in [-0.39, 0.29) is 30.0 Å². The van der Waals surface area contributed by atoms with Gasteiger partial charge in [-0.15, -0.1) is 0 Å². The summed E-state index contributed by atoms with van der Waals surface area (Å²) < 4.78 is 0. The first kappa shape index (κ1) is 27.0. The smallest absolute Gasteiger partial charge is 0.223 e. The number of amides is 1. The molecule has 188 valence electrons. The monoisotopic (exact) mass is 485 g/mol. The fraction of sp³-hybridized carbons (Fsp3) is 0.621. The normalized spacial score (nSPS) is 25.3. The van der Waals surface area contributed by atoms with Gasteiger partial charge >= 0.3 is 0 Å². The Morgan fingerprint density at radius 3 is 2.65 bits per heavy atom. The van der Waals surface area contributed by atoms with Crippen molar-refractivity contribution in [3.05, 3.63) is 59.2 Å². The van der Waals surface area contributed by atoms with Crippen LogP contribution in [0.5, 0.6) is 0 Å². The van der Waals surface area contributed by atoms with Crippen LogP contribution in [-0.2, 0) is 11.2 Å². The molecule has 34 heavy (non-hydrogen) atoms. The van der Waals surface area contributed by atoms with Gasteiger partial charge in [0.15, 0.2) is 0 Å². The van der Waals surface area contributed by atoms with Crippen LogP contribution in [0, 0.1) is 24.7 Å². The summed E-state index contributed by atoms with van der Waals surface area (Å²) in [5, 5.41) is 21.1. The third-order valence-electron chi connectivity index (χ3n) is 7.18. The standard InChI is InChI=1S/C29H43NO3S/c1-19(2)30(20(3)4)29(33)11-12-34-18-23-14-24-17-28(32)26(27(24)16-23)10-9-25(31)15-22-8-6-7-21(5)13-22/h6-10,13-14,19-20,24-28,31-32H,11-12,15-18H2,1-5H3/t24-,25+,26+,27-,28+/m0/s1. The van der Waals surface area contributed by atoms with Crippen molar-refractivity contribution in [2.75, 3.05) is 11.5 Å². The molecule has 1 saturated carbocycles. The van der Waals surface area contributed by atoms with Gasteiger partial charge in [-0.25, -0.2) is 0 Å². The van der Waals surface area contributed by atoms with Crippen molar-refractivity contribution in [3.63, 3.8) is 0 Å². The maximum Gasteiger partial charge on any atom is 0.223 e. The van der Waals surface area contributed by atoms with Gasteiger partial charge in [0.25, 0.3) is 0 Å². The molecular formula is C29H43NO3S. The van der Waals surface area contributed by atoms with Gasteiger partial charge in [0.1, 0.15) is 0 Å². The Bertz CT molecular complexity index is 870. The number of carbonyl (C=O) groups is 1. The molecule has 0 spiro atoms. The van der Waals surface area contributed by atoms with Gasteiger partial charge in [0.2, 0.25) is 5.91 Å². The molecule has 4 nitrogen and oxygen atoms in total. The summed E-state index contributed by atoms with van der Waals surface area (Å²) in [6.07, 6.45) is 8.44. The van der Waals surface area contributed by atoms with Crippen molar-refractivity contribution in [2.24, 2.45) is 17.8 Å². The van der Waals surface area contributed by atoms with Crippen molar-refractivity contribution in [2.45, 2.75) is 84.6 Å². The van der Waals surface area contributed by atoms with Crippen molar-refractivity contribution in [1.29, 1.82) is 0 Å². The van der Waals surface area contributed by atoms with Crippen LogP contribution < -0.4 is 0 Å². The van der Waals surface area contributed by atoms with E-state index in [2.05, 4.69) is 58.9 Å². The minimum absolute atomic E-state index is 0.100. The fourth-order valence-electron chi connectivity index (χ4n) is 5.78. The number of aliphatic hydroxyl groups is 2. The molecule has 3 rings (SSSR count). The van der Waals surface area contributed by atoms with Crippen molar-refractivity contribution in [3.8, 4) is 0 Å². The molecule has 0 aromatic heterocycles. The van der Waals surface area contributed by atoms with E-state index in [0.717, 1.165) is 29.9 Å². The second kappa shape index (κ2) is 12.4. The number of aliphatic hydroxyl groups excluding tert-OH is 2. The van der Waals surface area contributed by atoms with Gasteiger partial charge in [0, 0.05) is 42.3 Å². The van der Waals surface area contributed by atoms with Crippen LogP contribution in [0.2, 0.25) is 0 Å². The summed E-state index contributed by atoms with van der Waals surface area (Å²) >= 11 is 1.84. The first-order chi connectivity index (χ1) is 16.2. The molecule has 0 aliphatic heterocycles. The molecule has 2 aliphatic rings. The average Bonchev–Trinajstić information content (AvgIpc) is 3.25. The summed E-state index contributed by atoms with van der Waals surface area (Å²) in [6.45, 7) is 10.4. The van der Waals surface area contributed by atoms with E-state index in [0.29, 0.717) is 24.7 Å². The Morgan fingerprint density at radius 1 is 1.24 bits per heavy atom. The average molecular weight is 486 g/mol. The number of thioether (sulfide) groups is 1. The van der Waals surface area contributed by atoms with Gasteiger partial charge in [-0.2, -0.15) is 11.8 Å². The number of hydrogen-bond acceptors (Lipinski definition) is 4. The molecule has 1 amide bonds. The van der Waals surface area contributed by atoms with E-state index in [4.69, 9.17) is 0 Å². The lowest BCUT2D eigenvalue weighted by Crippen LogP contribution is -2.42. The third kappa shape index (κ3) is 7.22.